The second kappa shape index (κ2) is 10.6. The third-order valence-corrected chi connectivity index (χ3v) is 32.6. The van der Waals surface area contributed by atoms with Crippen molar-refractivity contribution in [2.24, 2.45) is 0 Å². The van der Waals surface area contributed by atoms with Crippen molar-refractivity contribution in [2.45, 2.75) is 39.7 Å². The molecule has 0 aliphatic heterocycles. The van der Waals surface area contributed by atoms with Crippen molar-refractivity contribution in [1.29, 1.82) is 0 Å². The van der Waals surface area contributed by atoms with Gasteiger partial charge in [0, 0.05) is 0 Å². The van der Waals surface area contributed by atoms with Gasteiger partial charge in [0.2, 0.25) is 0 Å². The zero-order valence-electron chi connectivity index (χ0n) is 12.0. The van der Waals surface area contributed by atoms with Gasteiger partial charge in [-0.05, 0) is 13.8 Å². The van der Waals surface area contributed by atoms with Gasteiger partial charge in [-0.25, -0.2) is 0 Å². The predicted octanol–water partition coefficient (Wildman–Crippen LogP) is 12.9. The minimum atomic E-state index is -0.890. The summed E-state index contributed by atoms with van der Waals surface area (Å²) in [6, 6.07) is 0. The maximum atomic E-state index is 3.86. The van der Waals surface area contributed by atoms with Crippen molar-refractivity contribution in [3.05, 3.63) is 0 Å². The maximum absolute atomic E-state index is 3.86. The van der Waals surface area contributed by atoms with Crippen molar-refractivity contribution in [3.8, 4) is 0 Å². The minimum absolute atomic E-state index is 0.653. The lowest BCUT2D eigenvalue weighted by Gasteiger charge is -2.58. The normalized spacial score (nSPS) is 20.5. The van der Waals surface area contributed by atoms with Gasteiger partial charge >= 0.3 is 0 Å². The molecule has 0 saturated heterocycles. The zero-order valence-corrected chi connectivity index (χ0v) is 37.4. The van der Waals surface area contributed by atoms with E-state index in [2.05, 4.69) is 255 Å². The summed E-state index contributed by atoms with van der Waals surface area (Å²) < 4.78 is -6.07. The largest absolute Gasteiger partial charge is 0.152 e. The summed E-state index contributed by atoms with van der Waals surface area (Å²) in [6.07, 6.45) is 0. The summed E-state index contributed by atoms with van der Waals surface area (Å²) in [6.45, 7) is 3.98. The highest BCUT2D eigenvalue weighted by molar-refractivity contribution is 9.41. The third kappa shape index (κ3) is 5.97. The van der Waals surface area contributed by atoms with Crippen LogP contribution in [0.3, 0.4) is 0 Å². The first-order valence-corrected chi connectivity index (χ1v) is 18.5. The smallest absolute Gasteiger partial charge is 0.0796 e. The Kier molecular flexibility index (Phi) is 13.7. The summed E-state index contributed by atoms with van der Waals surface area (Å²) in [5.74, 6) is 0. The predicted molar refractivity (Wildman–Crippen MR) is 176 cm³/mol. The van der Waals surface area contributed by atoms with Crippen LogP contribution in [0.1, 0.15) is 13.8 Å². The molecular weight excluding hydrogens is 1400 g/mol. The monoisotopic (exact) mass is 1390 g/mol. The first-order chi connectivity index (χ1) is 10.8. The molecule has 0 amide bonds. The molecule has 0 aromatic carbocycles. The second-order valence-electron chi connectivity index (χ2n) is 5.30. The molecule has 0 saturated carbocycles. The first kappa shape index (κ1) is 33.7. The third-order valence-electron chi connectivity index (χ3n) is 3.43. The molecule has 2 atom stereocenters. The van der Waals surface area contributed by atoms with Crippen LogP contribution >= 0.6 is 255 Å². The van der Waals surface area contributed by atoms with Crippen molar-refractivity contribution >= 4 is 255 Å². The van der Waals surface area contributed by atoms with Gasteiger partial charge in [0.25, 0.3) is 0 Å². The summed E-state index contributed by atoms with van der Waals surface area (Å²) >= 11 is 60.1. The molecule has 0 aliphatic rings. The fourth-order valence-electron chi connectivity index (χ4n) is 1.34. The molecule has 0 rings (SSSR count). The van der Waals surface area contributed by atoms with Crippen LogP contribution in [0.4, 0.5) is 0 Å². The number of hydrogen-bond donors (Lipinski definition) is 0. The van der Waals surface area contributed by atoms with Crippen molar-refractivity contribution in [1.82, 2.24) is 0 Å². The van der Waals surface area contributed by atoms with E-state index < -0.39 is 25.9 Å². The van der Waals surface area contributed by atoms with Crippen LogP contribution in [0.25, 0.3) is 0 Å². The Bertz CT molecular complexity index is 470. The fourth-order valence-corrected chi connectivity index (χ4v) is 15.3. The van der Waals surface area contributed by atoms with Crippen molar-refractivity contribution in [3.63, 3.8) is 0 Å². The van der Waals surface area contributed by atoms with Crippen LogP contribution < -0.4 is 0 Å². The molecular formula is C10H6Br16. The molecule has 2 unspecified atom stereocenters. The molecule has 0 bridgehead atoms. The van der Waals surface area contributed by atoms with E-state index in [9.17, 15) is 0 Å². The summed E-state index contributed by atoms with van der Waals surface area (Å²) in [4.78, 5) is 0. The lowest BCUT2D eigenvalue weighted by atomic mass is 9.99. The van der Waals surface area contributed by atoms with Gasteiger partial charge in [0.05, 0.1) is 8.65 Å². The van der Waals surface area contributed by atoms with Gasteiger partial charge in [0.1, 0.15) is 12.9 Å². The molecule has 26 heavy (non-hydrogen) atoms. The SMILES string of the molecule is CC(Br)(C(Br)(Br)Br)C(Br)(Br)C(Br)(Br)C(Br)(Br)C(Br)(Br)C(C)(Br)C(Br)(Br)Br. The number of halogens is 16. The maximum Gasteiger partial charge on any atom is 0.152 e. The highest BCUT2D eigenvalue weighted by Gasteiger charge is 2.75. The molecule has 0 aromatic heterocycles. The van der Waals surface area contributed by atoms with Gasteiger partial charge in [-0.1, -0.05) is 255 Å². The summed E-state index contributed by atoms with van der Waals surface area (Å²) in [5.41, 5.74) is 0. The fraction of sp³-hybridized carbons (Fsp3) is 1.00. The van der Waals surface area contributed by atoms with Crippen LogP contribution in [0, 0.1) is 0 Å². The average molecular weight is 1400 g/mol. The lowest BCUT2D eigenvalue weighted by Crippen LogP contribution is -2.68. The molecule has 0 aliphatic carbocycles. The van der Waals surface area contributed by atoms with Crippen LogP contribution in [0.2, 0.25) is 0 Å². The van der Waals surface area contributed by atoms with Crippen molar-refractivity contribution in [2.75, 3.05) is 0 Å². The zero-order chi connectivity index (χ0) is 22.0. The Balaban J connectivity index is 6.61. The number of rotatable bonds is 5. The van der Waals surface area contributed by atoms with Crippen molar-refractivity contribution < 1.29 is 0 Å². The van der Waals surface area contributed by atoms with E-state index >= 15 is 0 Å². The van der Waals surface area contributed by atoms with E-state index in [0.29, 0.717) is 0 Å². The highest BCUT2D eigenvalue weighted by Crippen LogP contribution is 2.76. The van der Waals surface area contributed by atoms with Crippen LogP contribution in [-0.2, 0) is 0 Å². The standard InChI is InChI=1S/C10H6Br16/c1-3(11,9(21,22)23)5(13,14)7(17,18)8(19,20)6(15,16)4(2,12)10(24,25)26/h1-2H3. The van der Waals surface area contributed by atoms with Crippen LogP contribution in [0.5, 0.6) is 0 Å². The Morgan fingerprint density at radius 1 is 0.308 bits per heavy atom. The van der Waals surface area contributed by atoms with E-state index in [4.69, 9.17) is 0 Å². The quantitative estimate of drug-likeness (QED) is 0.241. The molecule has 16 heteroatoms. The molecule has 0 spiro atoms. The summed E-state index contributed by atoms with van der Waals surface area (Å²) in [7, 11) is 0. The Morgan fingerprint density at radius 3 is 0.577 bits per heavy atom. The first-order valence-electron chi connectivity index (χ1n) is 5.77. The van der Waals surface area contributed by atoms with E-state index in [1.807, 2.05) is 13.8 Å². The lowest BCUT2D eigenvalue weighted by molar-refractivity contribution is 0.519. The molecule has 0 nitrogen and oxygen atoms in total. The minimum Gasteiger partial charge on any atom is -0.0796 e. The number of hydrogen-bond acceptors (Lipinski definition) is 0. The van der Waals surface area contributed by atoms with Gasteiger partial charge < -0.3 is 0 Å². The molecule has 0 heterocycles. The van der Waals surface area contributed by atoms with Crippen LogP contribution in [-0.4, -0.2) is 25.9 Å². The average Bonchev–Trinajstić information content (AvgIpc) is 2.34. The second-order valence-corrected chi connectivity index (χ2v) is 35.8. The summed E-state index contributed by atoms with van der Waals surface area (Å²) in [5, 5.41) is 0. The molecule has 0 aromatic rings. The molecule has 0 N–H and O–H groups in total. The highest BCUT2D eigenvalue weighted by atomic mass is 80.0. The Morgan fingerprint density at radius 2 is 0.462 bits per heavy atom. The topological polar surface area (TPSA) is 0 Å². The van der Waals surface area contributed by atoms with Gasteiger partial charge in [-0.15, -0.1) is 0 Å². The molecule has 158 valence electrons. The Labute approximate surface area is 288 Å². The van der Waals surface area contributed by atoms with E-state index in [0.717, 1.165) is 0 Å². The van der Waals surface area contributed by atoms with E-state index in [1.165, 1.54) is 0 Å². The Hall–Kier alpha value is 7.68. The van der Waals surface area contributed by atoms with Gasteiger partial charge in [0.15, 0.2) is 4.29 Å². The van der Waals surface area contributed by atoms with E-state index in [1.54, 1.807) is 0 Å². The number of alkyl halides is 16. The van der Waals surface area contributed by atoms with Gasteiger partial charge in [-0.2, -0.15) is 0 Å². The molecule has 0 radical (unpaired) electrons. The van der Waals surface area contributed by atoms with Crippen LogP contribution in [0.15, 0.2) is 0 Å². The van der Waals surface area contributed by atoms with Gasteiger partial charge in [-0.3, -0.25) is 0 Å². The van der Waals surface area contributed by atoms with E-state index in [-0.39, 0.29) is 0 Å². The molecule has 0 fully saturated rings.